The van der Waals surface area contributed by atoms with Gasteiger partial charge in [0.05, 0.1) is 36.5 Å². The molecule has 0 saturated heterocycles. The average molecular weight is 700 g/mol. The van der Waals surface area contributed by atoms with Crippen molar-refractivity contribution < 1.29 is 4.21 Å². The fourth-order valence-electron chi connectivity index (χ4n) is 6.79. The number of benzene rings is 4. The molecule has 12 heteroatoms. The highest BCUT2D eigenvalue weighted by atomic mass is 32.2. The van der Waals surface area contributed by atoms with E-state index >= 15 is 0 Å². The molecule has 0 amide bonds. The molecule has 0 fully saturated rings. The summed E-state index contributed by atoms with van der Waals surface area (Å²) in [7, 11) is 2.66. The molecule has 1 atom stereocenters. The number of fused-ring (bicyclic) bond motifs is 6. The van der Waals surface area contributed by atoms with E-state index < -0.39 is 10.8 Å². The summed E-state index contributed by atoms with van der Waals surface area (Å²) in [6.07, 6.45) is 5.17. The minimum Gasteiger partial charge on any atom is -0.399 e. The first-order valence-electron chi connectivity index (χ1n) is 16.0. The Balaban J connectivity index is 1.03. The van der Waals surface area contributed by atoms with E-state index in [-0.39, 0.29) is 11.1 Å². The quantitative estimate of drug-likeness (QED) is 0.157. The van der Waals surface area contributed by atoms with Gasteiger partial charge in [-0.25, -0.2) is 9.36 Å². The SMILES string of the molecule is Cn1c2cc(SCc3cccc(Cn4ncc5c6ccc(S(C)=O)cc6n(C)c5c4=O)c3)ccc2c2cnn(Cc3cccc(N)c3)c(=O)c21. The van der Waals surface area contributed by atoms with Crippen LogP contribution in [0.25, 0.3) is 43.6 Å². The van der Waals surface area contributed by atoms with Gasteiger partial charge in [-0.1, -0.05) is 48.5 Å². The zero-order valence-electron chi connectivity index (χ0n) is 27.7. The van der Waals surface area contributed by atoms with Gasteiger partial charge in [0.25, 0.3) is 11.1 Å². The van der Waals surface area contributed by atoms with Gasteiger partial charge >= 0.3 is 0 Å². The van der Waals surface area contributed by atoms with Gasteiger partial charge in [0, 0.05) is 73.9 Å². The second kappa shape index (κ2) is 12.5. The second-order valence-corrected chi connectivity index (χ2v) is 15.0. The summed E-state index contributed by atoms with van der Waals surface area (Å²) in [6.45, 7) is 0.679. The number of nitrogens with zero attached hydrogens (tertiary/aromatic N) is 6. The Morgan fingerprint density at radius 1 is 0.680 bits per heavy atom. The highest BCUT2D eigenvalue weighted by Gasteiger charge is 2.17. The third kappa shape index (κ3) is 5.50. The Morgan fingerprint density at radius 2 is 1.24 bits per heavy atom. The fraction of sp³-hybridized carbons (Fsp3) is 0.158. The third-order valence-electron chi connectivity index (χ3n) is 9.29. The Labute approximate surface area is 293 Å². The van der Waals surface area contributed by atoms with Gasteiger partial charge in [-0.15, -0.1) is 11.8 Å². The van der Waals surface area contributed by atoms with Crippen LogP contribution < -0.4 is 16.9 Å². The highest BCUT2D eigenvalue weighted by molar-refractivity contribution is 7.98. The molecule has 4 aromatic carbocycles. The number of nitrogen functional groups attached to an aromatic ring is 1. The Kier molecular flexibility index (Phi) is 7.92. The lowest BCUT2D eigenvalue weighted by Crippen LogP contribution is -2.24. The van der Waals surface area contributed by atoms with Crippen LogP contribution >= 0.6 is 11.8 Å². The highest BCUT2D eigenvalue weighted by Crippen LogP contribution is 2.32. The summed E-state index contributed by atoms with van der Waals surface area (Å²) in [5.41, 5.74) is 12.3. The molecule has 10 nitrogen and oxygen atoms in total. The number of nitrogens with two attached hydrogens (primary N) is 1. The van der Waals surface area contributed by atoms with Crippen molar-refractivity contribution in [1.29, 1.82) is 0 Å². The lowest BCUT2D eigenvalue weighted by Gasteiger charge is -2.08. The Hall–Kier alpha value is -5.46. The normalized spacial score (nSPS) is 12.5. The summed E-state index contributed by atoms with van der Waals surface area (Å²) in [6, 6.07) is 27.6. The molecule has 8 rings (SSSR count). The fourth-order valence-corrected chi connectivity index (χ4v) is 8.20. The van der Waals surface area contributed by atoms with Crippen LogP contribution in [0.1, 0.15) is 16.7 Å². The van der Waals surface area contributed by atoms with Crippen LogP contribution in [0.4, 0.5) is 5.69 Å². The van der Waals surface area contributed by atoms with Crippen molar-refractivity contribution in [1.82, 2.24) is 28.7 Å². The zero-order valence-corrected chi connectivity index (χ0v) is 29.3. The summed E-state index contributed by atoms with van der Waals surface area (Å²) in [5.74, 6) is 0.726. The molecule has 2 N–H and O–H groups in total. The van der Waals surface area contributed by atoms with E-state index in [1.54, 1.807) is 30.4 Å². The number of rotatable bonds is 8. The molecule has 250 valence electrons. The first kappa shape index (κ1) is 31.8. The van der Waals surface area contributed by atoms with Crippen LogP contribution in [-0.2, 0) is 43.7 Å². The maximum absolute atomic E-state index is 13.7. The number of thioether (sulfide) groups is 1. The van der Waals surface area contributed by atoms with Gasteiger partial charge in [0.1, 0.15) is 11.0 Å². The molecular weight excluding hydrogens is 667 g/mol. The predicted molar refractivity (Wildman–Crippen MR) is 202 cm³/mol. The topological polar surface area (TPSA) is 123 Å². The van der Waals surface area contributed by atoms with Gasteiger partial charge in [0.15, 0.2) is 0 Å². The Morgan fingerprint density at radius 3 is 1.86 bits per heavy atom. The molecule has 0 radical (unpaired) electrons. The molecule has 8 aromatic rings. The second-order valence-electron chi connectivity index (χ2n) is 12.5. The van der Waals surface area contributed by atoms with Crippen molar-refractivity contribution in [3.05, 3.63) is 135 Å². The number of hydrogen-bond donors (Lipinski definition) is 1. The van der Waals surface area contributed by atoms with Gasteiger partial charge < -0.3 is 14.9 Å². The predicted octanol–water partition coefficient (Wildman–Crippen LogP) is 5.80. The average Bonchev–Trinajstić information content (AvgIpc) is 3.56. The zero-order chi connectivity index (χ0) is 34.7. The monoisotopic (exact) mass is 699 g/mol. The van der Waals surface area contributed by atoms with Gasteiger partial charge in [-0.05, 0) is 53.1 Å². The number of hydrogen-bond acceptors (Lipinski definition) is 7. The van der Waals surface area contributed by atoms with Crippen molar-refractivity contribution in [3.8, 4) is 0 Å². The molecule has 0 spiro atoms. The Bertz CT molecular complexity index is 2800. The van der Waals surface area contributed by atoms with E-state index in [0.29, 0.717) is 29.8 Å². The van der Waals surface area contributed by atoms with Crippen molar-refractivity contribution in [3.63, 3.8) is 0 Å². The first-order chi connectivity index (χ1) is 24.2. The van der Waals surface area contributed by atoms with Gasteiger partial charge in [-0.2, -0.15) is 10.2 Å². The molecule has 0 bridgehead atoms. The van der Waals surface area contributed by atoms with Crippen LogP contribution in [0, 0.1) is 0 Å². The van der Waals surface area contributed by atoms with E-state index in [1.165, 1.54) is 9.36 Å². The molecule has 1 unspecified atom stereocenters. The third-order valence-corrected chi connectivity index (χ3v) is 11.3. The maximum atomic E-state index is 13.7. The molecule has 50 heavy (non-hydrogen) atoms. The minimum absolute atomic E-state index is 0.147. The van der Waals surface area contributed by atoms with E-state index in [1.807, 2.05) is 77.8 Å². The summed E-state index contributed by atoms with van der Waals surface area (Å²) in [4.78, 5) is 29.0. The van der Waals surface area contributed by atoms with Crippen molar-refractivity contribution in [2.75, 3.05) is 12.0 Å². The van der Waals surface area contributed by atoms with Crippen LogP contribution in [0.15, 0.2) is 117 Å². The molecule has 0 aliphatic carbocycles. The minimum atomic E-state index is -1.12. The summed E-state index contributed by atoms with van der Waals surface area (Å²) < 4.78 is 18.9. The summed E-state index contributed by atoms with van der Waals surface area (Å²) >= 11 is 1.71. The molecular formula is C38H33N7O3S2. The van der Waals surface area contributed by atoms with Crippen molar-refractivity contribution in [2.45, 2.75) is 28.6 Å². The lowest BCUT2D eigenvalue weighted by molar-refractivity contribution is 0.644. The van der Waals surface area contributed by atoms with Crippen LogP contribution in [-0.4, -0.2) is 39.2 Å². The van der Waals surface area contributed by atoms with E-state index in [4.69, 9.17) is 5.73 Å². The van der Waals surface area contributed by atoms with Crippen molar-refractivity contribution >= 4 is 71.9 Å². The molecule has 0 saturated carbocycles. The molecule has 4 aromatic heterocycles. The smallest absolute Gasteiger partial charge is 0.291 e. The largest absolute Gasteiger partial charge is 0.399 e. The number of aryl methyl sites for hydroxylation is 2. The van der Waals surface area contributed by atoms with Gasteiger partial charge in [0.2, 0.25) is 0 Å². The number of anilines is 1. The van der Waals surface area contributed by atoms with Gasteiger partial charge in [-0.3, -0.25) is 13.8 Å². The van der Waals surface area contributed by atoms with Crippen LogP contribution in [0.3, 0.4) is 0 Å². The molecule has 0 aliphatic rings. The molecule has 0 aliphatic heterocycles. The molecule has 4 heterocycles. The van der Waals surface area contributed by atoms with E-state index in [0.717, 1.165) is 64.8 Å². The number of aromatic nitrogens is 6. The van der Waals surface area contributed by atoms with Crippen molar-refractivity contribution in [2.24, 2.45) is 14.1 Å². The van der Waals surface area contributed by atoms with Crippen LogP contribution in [0.2, 0.25) is 0 Å². The van der Waals surface area contributed by atoms with Crippen LogP contribution in [0.5, 0.6) is 0 Å². The van der Waals surface area contributed by atoms with E-state index in [2.05, 4.69) is 40.5 Å². The summed E-state index contributed by atoms with van der Waals surface area (Å²) in [5, 5.41) is 12.5. The van der Waals surface area contributed by atoms with E-state index in [9.17, 15) is 13.8 Å². The lowest BCUT2D eigenvalue weighted by atomic mass is 10.1. The maximum Gasteiger partial charge on any atom is 0.291 e. The first-order valence-corrected chi connectivity index (χ1v) is 18.6. The standard InChI is InChI=1S/C38H33N7O3S2/c1-42-33-16-27(10-12-29(33)31-18-41-45(37(46)35(31)42)21-24-7-5-9-26(39)15-24)49-22-25-8-4-6-23(14-25)20-44-38(47)36-32(19-40-44)30-13-11-28(50(3)48)17-34(30)43(36)2/h4-19H,20-22,39H2,1-3H3.